The Bertz CT molecular complexity index is 960. The van der Waals surface area contributed by atoms with E-state index in [0.29, 0.717) is 0 Å². The smallest absolute Gasteiger partial charge is 0.417 e. The van der Waals surface area contributed by atoms with Crippen molar-refractivity contribution >= 4 is 23.5 Å². The van der Waals surface area contributed by atoms with Gasteiger partial charge in [0.2, 0.25) is 0 Å². The third-order valence-corrected chi connectivity index (χ3v) is 7.92. The van der Waals surface area contributed by atoms with Crippen LogP contribution in [0.4, 0.5) is 8.78 Å². The van der Waals surface area contributed by atoms with Crippen molar-refractivity contribution in [1.29, 1.82) is 0 Å². The highest BCUT2D eigenvalue weighted by molar-refractivity contribution is 6.28. The summed E-state index contributed by atoms with van der Waals surface area (Å²) in [5.41, 5.74) is -4.92. The third kappa shape index (κ3) is 2.92. The number of aliphatic hydroxyl groups excluding tert-OH is 1. The highest BCUT2D eigenvalue weighted by Gasteiger charge is 2.72. The van der Waals surface area contributed by atoms with Crippen LogP contribution < -0.4 is 0 Å². The lowest BCUT2D eigenvalue weighted by molar-refractivity contribution is -0.197. The lowest BCUT2D eigenvalue weighted by Gasteiger charge is -2.61. The number of alkyl halides is 2. The molecule has 0 aromatic heterocycles. The molecule has 8 atom stereocenters. The first-order chi connectivity index (χ1) is 14.9. The van der Waals surface area contributed by atoms with Gasteiger partial charge < -0.3 is 19.7 Å². The van der Waals surface area contributed by atoms with E-state index in [1.54, 1.807) is 6.92 Å². The van der Waals surface area contributed by atoms with Crippen molar-refractivity contribution in [3.05, 3.63) is 23.8 Å². The van der Waals surface area contributed by atoms with Crippen LogP contribution in [0.1, 0.15) is 26.7 Å². The molecule has 1 heterocycles. The molecular weight excluding hydrogens is 430 g/mol. The van der Waals surface area contributed by atoms with Gasteiger partial charge in [0.05, 0.1) is 12.7 Å². The molecule has 174 valence electrons. The minimum atomic E-state index is -2.29. The van der Waals surface area contributed by atoms with Crippen LogP contribution >= 0.6 is 0 Å². The SMILES string of the molecule is CC12CC(O)[C@@]3(F)C(C[C@H](F)C4=CC(=O)C=CC43C)C1COC2C(=O)COC(=O)C(=O)O. The molecule has 3 aliphatic carbocycles. The number of aliphatic hydroxyl groups is 1. The number of hydrogen-bond donors (Lipinski definition) is 2. The van der Waals surface area contributed by atoms with Crippen molar-refractivity contribution in [3.8, 4) is 0 Å². The largest absolute Gasteiger partial charge is 0.473 e. The first kappa shape index (κ1) is 22.7. The fourth-order valence-corrected chi connectivity index (χ4v) is 6.33. The van der Waals surface area contributed by atoms with Crippen LogP contribution in [0.2, 0.25) is 0 Å². The number of halogens is 2. The zero-order valence-electron chi connectivity index (χ0n) is 17.5. The van der Waals surface area contributed by atoms with Crippen molar-refractivity contribution < 1.29 is 47.6 Å². The van der Waals surface area contributed by atoms with E-state index in [9.17, 15) is 24.3 Å². The van der Waals surface area contributed by atoms with Gasteiger partial charge in [0.1, 0.15) is 12.3 Å². The zero-order chi connectivity index (χ0) is 23.6. The molecule has 1 aliphatic heterocycles. The van der Waals surface area contributed by atoms with Gasteiger partial charge in [0.25, 0.3) is 0 Å². The number of fused-ring (bicyclic) bond motifs is 5. The van der Waals surface area contributed by atoms with Crippen molar-refractivity contribution in [2.75, 3.05) is 13.2 Å². The van der Waals surface area contributed by atoms with Crippen molar-refractivity contribution in [3.63, 3.8) is 0 Å². The Balaban J connectivity index is 1.65. The molecule has 4 aliphatic rings. The van der Waals surface area contributed by atoms with Gasteiger partial charge in [-0.3, -0.25) is 9.59 Å². The fourth-order valence-electron chi connectivity index (χ4n) is 6.33. The standard InChI is InChI=1S/C22H24F2O8/c1-20-7-16(27)22(24)11(6-14(23)12-5-10(25)3-4-21(12,22)2)13(20)8-31-17(20)15(26)9-32-19(30)18(28)29/h3-5,11,13-14,16-17,27H,6-9H2,1-2H3,(H,28,29)/t11?,13?,14-,16?,17?,20?,21?,22-/m0/s1. The summed E-state index contributed by atoms with van der Waals surface area (Å²) in [4.78, 5) is 46.2. The van der Waals surface area contributed by atoms with Crippen LogP contribution in [0.5, 0.6) is 0 Å². The number of hydrogen-bond acceptors (Lipinski definition) is 7. The molecule has 0 aromatic rings. The maximum absolute atomic E-state index is 16.8. The van der Waals surface area contributed by atoms with Gasteiger partial charge in [-0.25, -0.2) is 18.4 Å². The van der Waals surface area contributed by atoms with Gasteiger partial charge in [-0.05, 0) is 43.4 Å². The number of rotatable bonds is 3. The van der Waals surface area contributed by atoms with Gasteiger partial charge in [0.15, 0.2) is 23.8 Å². The minimum Gasteiger partial charge on any atom is -0.473 e. The minimum absolute atomic E-state index is 0.00136. The summed E-state index contributed by atoms with van der Waals surface area (Å²) in [5, 5.41) is 19.6. The third-order valence-electron chi connectivity index (χ3n) is 7.92. The van der Waals surface area contributed by atoms with E-state index in [-0.39, 0.29) is 25.0 Å². The number of carboxylic acids is 1. The van der Waals surface area contributed by atoms with E-state index in [4.69, 9.17) is 9.84 Å². The Morgan fingerprint density at radius 2 is 1.97 bits per heavy atom. The van der Waals surface area contributed by atoms with Gasteiger partial charge in [-0.1, -0.05) is 13.0 Å². The van der Waals surface area contributed by atoms with Crippen molar-refractivity contribution in [2.24, 2.45) is 22.7 Å². The average molecular weight is 454 g/mol. The quantitative estimate of drug-likeness (QED) is 0.480. The summed E-state index contributed by atoms with van der Waals surface area (Å²) in [6.07, 6.45) is -1.26. The Kier molecular flexibility index (Phi) is 5.17. The van der Waals surface area contributed by atoms with Crippen LogP contribution in [0, 0.1) is 22.7 Å². The van der Waals surface area contributed by atoms with Crippen molar-refractivity contribution in [2.45, 2.75) is 50.7 Å². The monoisotopic (exact) mass is 454 g/mol. The molecule has 8 nitrogen and oxygen atoms in total. The number of ketones is 2. The Morgan fingerprint density at radius 3 is 2.62 bits per heavy atom. The average Bonchev–Trinajstić information content (AvgIpc) is 3.06. The Labute approximate surface area is 182 Å². The number of carboxylic acid groups (broad SMARTS) is 1. The number of allylic oxidation sites excluding steroid dienone is 4. The predicted molar refractivity (Wildman–Crippen MR) is 103 cm³/mol. The second kappa shape index (κ2) is 7.28. The number of carbonyl (C=O) groups is 4. The molecule has 4 rings (SSSR count). The molecule has 2 N–H and O–H groups in total. The molecule has 2 saturated carbocycles. The molecular formula is C22H24F2O8. The van der Waals surface area contributed by atoms with Crippen molar-refractivity contribution in [1.82, 2.24) is 0 Å². The zero-order valence-corrected chi connectivity index (χ0v) is 17.5. The number of carbonyl (C=O) groups excluding carboxylic acids is 3. The molecule has 6 unspecified atom stereocenters. The second-order valence-electron chi connectivity index (χ2n) is 9.51. The maximum atomic E-state index is 16.8. The first-order valence-corrected chi connectivity index (χ1v) is 10.4. The van der Waals surface area contributed by atoms with Gasteiger partial charge in [-0.2, -0.15) is 0 Å². The van der Waals surface area contributed by atoms with Crippen LogP contribution in [0.3, 0.4) is 0 Å². The molecule has 1 saturated heterocycles. The van der Waals surface area contributed by atoms with Crippen LogP contribution in [-0.4, -0.2) is 71.0 Å². The van der Waals surface area contributed by atoms with Gasteiger partial charge in [-0.15, -0.1) is 0 Å². The molecule has 0 aromatic carbocycles. The fraction of sp³-hybridized carbons (Fsp3) is 0.636. The summed E-state index contributed by atoms with van der Waals surface area (Å²) >= 11 is 0. The van der Waals surface area contributed by atoms with E-state index >= 15 is 8.78 Å². The van der Waals surface area contributed by atoms with Crippen LogP contribution in [0.25, 0.3) is 0 Å². The Morgan fingerprint density at radius 1 is 1.28 bits per heavy atom. The van der Waals surface area contributed by atoms with Gasteiger partial charge >= 0.3 is 11.9 Å². The van der Waals surface area contributed by atoms with Gasteiger partial charge in [0, 0.05) is 16.7 Å². The summed E-state index contributed by atoms with van der Waals surface area (Å²) in [7, 11) is 0. The number of Topliss-reactive ketones (excluding diaryl/α,β-unsaturated/α-hetero) is 1. The van der Waals surface area contributed by atoms with Crippen LogP contribution in [0.15, 0.2) is 23.8 Å². The summed E-state index contributed by atoms with van der Waals surface area (Å²) in [6.45, 7) is 2.18. The topological polar surface area (TPSA) is 127 Å². The predicted octanol–water partition coefficient (Wildman–Crippen LogP) is 1.11. The first-order valence-electron chi connectivity index (χ1n) is 10.4. The summed E-state index contributed by atoms with van der Waals surface area (Å²) in [5.74, 6) is -6.25. The molecule has 0 spiro atoms. The summed E-state index contributed by atoms with van der Waals surface area (Å²) in [6, 6.07) is 0. The van der Waals surface area contributed by atoms with E-state index in [0.717, 1.165) is 6.08 Å². The number of esters is 1. The van der Waals surface area contributed by atoms with Crippen LogP contribution in [-0.2, 0) is 28.7 Å². The molecule has 0 bridgehead atoms. The molecule has 10 heteroatoms. The molecule has 0 radical (unpaired) electrons. The van der Waals surface area contributed by atoms with E-state index in [1.807, 2.05) is 0 Å². The number of ether oxygens (including phenoxy) is 2. The molecule has 3 fully saturated rings. The second-order valence-corrected chi connectivity index (χ2v) is 9.51. The highest BCUT2D eigenvalue weighted by Crippen LogP contribution is 2.66. The lowest BCUT2D eigenvalue weighted by atomic mass is 9.45. The molecule has 32 heavy (non-hydrogen) atoms. The highest BCUT2D eigenvalue weighted by atomic mass is 19.1. The molecule has 0 amide bonds. The van der Waals surface area contributed by atoms with E-state index in [2.05, 4.69) is 4.74 Å². The summed E-state index contributed by atoms with van der Waals surface area (Å²) < 4.78 is 42.1. The Hall–Kier alpha value is -2.46. The van der Waals surface area contributed by atoms with E-state index < -0.39 is 76.8 Å². The maximum Gasteiger partial charge on any atom is 0.417 e. The number of aliphatic carboxylic acids is 1. The normalized spacial score (nSPS) is 44.7. The lowest BCUT2D eigenvalue weighted by Crippen LogP contribution is -2.69. The van der Waals surface area contributed by atoms with E-state index in [1.165, 1.54) is 19.1 Å².